The molecular weight excluding hydrogens is 395 g/mol. The smallest absolute Gasteiger partial charge is 0.191 e. The minimum absolute atomic E-state index is 0. The third-order valence-electron chi connectivity index (χ3n) is 3.36. The van der Waals surface area contributed by atoms with Crippen molar-refractivity contribution in [3.8, 4) is 0 Å². The summed E-state index contributed by atoms with van der Waals surface area (Å²) in [6.07, 6.45) is 1.11. The molecule has 6 heteroatoms. The first-order valence-electron chi connectivity index (χ1n) is 7.29. The maximum absolute atomic E-state index is 4.25. The molecule has 0 aromatic carbocycles. The Morgan fingerprint density at radius 1 is 1.29 bits per heavy atom. The van der Waals surface area contributed by atoms with E-state index in [9.17, 15) is 0 Å². The fourth-order valence-corrected chi connectivity index (χ4v) is 2.61. The number of guanidine groups is 1. The van der Waals surface area contributed by atoms with E-state index in [-0.39, 0.29) is 24.0 Å². The van der Waals surface area contributed by atoms with Crippen molar-refractivity contribution in [2.75, 3.05) is 27.2 Å². The summed E-state index contributed by atoms with van der Waals surface area (Å²) in [7, 11) is 3.95. The molecule has 0 atom stereocenters. The van der Waals surface area contributed by atoms with Crippen LogP contribution in [0.25, 0.3) is 0 Å². The summed E-state index contributed by atoms with van der Waals surface area (Å²) in [4.78, 5) is 9.35. The predicted octanol–water partition coefficient (Wildman–Crippen LogP) is 2.93. The van der Waals surface area contributed by atoms with Gasteiger partial charge in [-0.25, -0.2) is 0 Å². The molecule has 122 valence electrons. The fourth-order valence-electron chi connectivity index (χ4n) is 1.71. The first-order valence-corrected chi connectivity index (χ1v) is 8.10. The first-order chi connectivity index (χ1) is 9.56. The number of nitrogens with zero attached hydrogens (tertiary/aromatic N) is 2. The van der Waals surface area contributed by atoms with E-state index in [1.807, 2.05) is 18.4 Å². The first kappa shape index (κ1) is 20.7. The van der Waals surface area contributed by atoms with Crippen LogP contribution in [0.3, 0.4) is 0 Å². The monoisotopic (exact) mass is 424 g/mol. The Hall–Kier alpha value is -0.340. The average Bonchev–Trinajstić information content (AvgIpc) is 2.90. The van der Waals surface area contributed by atoms with Gasteiger partial charge in [-0.2, -0.15) is 0 Å². The SMILES string of the molecule is CCc1ccc(CNC(=NC)NCCN(C)C(C)C)s1.I. The van der Waals surface area contributed by atoms with Gasteiger partial charge in [-0.15, -0.1) is 35.3 Å². The van der Waals surface area contributed by atoms with E-state index in [1.165, 1.54) is 9.75 Å². The third kappa shape index (κ3) is 8.01. The van der Waals surface area contributed by atoms with Crippen LogP contribution in [-0.4, -0.2) is 44.1 Å². The lowest BCUT2D eigenvalue weighted by Gasteiger charge is -2.21. The minimum Gasteiger partial charge on any atom is -0.355 e. The highest BCUT2D eigenvalue weighted by molar-refractivity contribution is 14.0. The molecule has 0 amide bonds. The van der Waals surface area contributed by atoms with Crippen molar-refractivity contribution in [3.05, 3.63) is 21.9 Å². The molecule has 0 aliphatic rings. The van der Waals surface area contributed by atoms with E-state index in [0.717, 1.165) is 32.0 Å². The molecule has 4 nitrogen and oxygen atoms in total. The van der Waals surface area contributed by atoms with Crippen molar-refractivity contribution in [2.24, 2.45) is 4.99 Å². The van der Waals surface area contributed by atoms with Gasteiger partial charge in [0, 0.05) is 35.9 Å². The molecule has 0 bridgehead atoms. The van der Waals surface area contributed by atoms with Crippen LogP contribution in [0.15, 0.2) is 17.1 Å². The van der Waals surface area contributed by atoms with Gasteiger partial charge in [0.15, 0.2) is 5.96 Å². The highest BCUT2D eigenvalue weighted by Crippen LogP contribution is 2.16. The third-order valence-corrected chi connectivity index (χ3v) is 4.59. The van der Waals surface area contributed by atoms with Crippen molar-refractivity contribution in [2.45, 2.75) is 39.8 Å². The molecule has 2 N–H and O–H groups in total. The van der Waals surface area contributed by atoms with Gasteiger partial charge in [0.05, 0.1) is 6.54 Å². The Morgan fingerprint density at radius 3 is 2.48 bits per heavy atom. The van der Waals surface area contributed by atoms with E-state index < -0.39 is 0 Å². The molecule has 0 saturated carbocycles. The van der Waals surface area contributed by atoms with Crippen LogP contribution in [0.2, 0.25) is 0 Å². The zero-order chi connectivity index (χ0) is 15.0. The second-order valence-corrected chi connectivity index (χ2v) is 6.40. The van der Waals surface area contributed by atoms with Gasteiger partial charge < -0.3 is 15.5 Å². The van der Waals surface area contributed by atoms with Crippen LogP contribution in [0.5, 0.6) is 0 Å². The van der Waals surface area contributed by atoms with Gasteiger partial charge in [-0.1, -0.05) is 6.92 Å². The van der Waals surface area contributed by atoms with E-state index >= 15 is 0 Å². The summed E-state index contributed by atoms with van der Waals surface area (Å²) in [5, 5.41) is 6.70. The lowest BCUT2D eigenvalue weighted by Crippen LogP contribution is -2.41. The number of hydrogen-bond acceptors (Lipinski definition) is 3. The summed E-state index contributed by atoms with van der Waals surface area (Å²) in [5.74, 6) is 0.869. The maximum atomic E-state index is 4.25. The van der Waals surface area contributed by atoms with Crippen LogP contribution >= 0.6 is 35.3 Å². The number of thiophene rings is 1. The van der Waals surface area contributed by atoms with Crippen molar-refractivity contribution in [1.29, 1.82) is 0 Å². The predicted molar refractivity (Wildman–Crippen MR) is 105 cm³/mol. The van der Waals surface area contributed by atoms with Crippen LogP contribution in [0, 0.1) is 0 Å². The Kier molecular flexibility index (Phi) is 11.1. The molecule has 0 fully saturated rings. The molecule has 0 spiro atoms. The van der Waals surface area contributed by atoms with Gasteiger partial charge in [-0.3, -0.25) is 4.99 Å². The number of nitrogens with one attached hydrogen (secondary N) is 2. The quantitative estimate of drug-likeness (QED) is 0.402. The van der Waals surface area contributed by atoms with Crippen molar-refractivity contribution in [1.82, 2.24) is 15.5 Å². The minimum atomic E-state index is 0. The molecule has 0 saturated heterocycles. The molecule has 0 unspecified atom stereocenters. The number of aryl methyl sites for hydroxylation is 1. The molecule has 1 aromatic heterocycles. The molecule has 1 heterocycles. The number of rotatable bonds is 7. The number of hydrogen-bond donors (Lipinski definition) is 2. The molecule has 1 rings (SSSR count). The van der Waals surface area contributed by atoms with E-state index in [2.05, 4.69) is 60.5 Å². The average molecular weight is 424 g/mol. The standard InChI is InChI=1S/C15H28N4S.HI/c1-6-13-7-8-14(20-13)11-18-15(16-4)17-9-10-19(5)12(2)3;/h7-8,12H,6,9-11H2,1-5H3,(H2,16,17,18);1H. The summed E-state index contributed by atoms with van der Waals surface area (Å²) < 4.78 is 0. The summed E-state index contributed by atoms with van der Waals surface area (Å²) in [6, 6.07) is 4.97. The van der Waals surface area contributed by atoms with Gasteiger partial charge >= 0.3 is 0 Å². The number of likely N-dealkylation sites (N-methyl/N-ethyl adjacent to an activating group) is 1. The van der Waals surface area contributed by atoms with Crippen LogP contribution < -0.4 is 10.6 Å². The summed E-state index contributed by atoms with van der Waals surface area (Å²) in [6.45, 7) is 9.35. The Labute approximate surface area is 150 Å². The van der Waals surface area contributed by atoms with Gasteiger partial charge in [0.1, 0.15) is 0 Å². The Balaban J connectivity index is 0.00000400. The fraction of sp³-hybridized carbons (Fsp3) is 0.667. The second kappa shape index (κ2) is 11.3. The molecule has 0 aliphatic carbocycles. The van der Waals surface area contributed by atoms with Gasteiger partial charge in [0.2, 0.25) is 0 Å². The van der Waals surface area contributed by atoms with Crippen LogP contribution in [-0.2, 0) is 13.0 Å². The lowest BCUT2D eigenvalue weighted by molar-refractivity contribution is 0.278. The molecule has 21 heavy (non-hydrogen) atoms. The highest BCUT2D eigenvalue weighted by Gasteiger charge is 2.04. The largest absolute Gasteiger partial charge is 0.355 e. The van der Waals surface area contributed by atoms with Crippen molar-refractivity contribution in [3.63, 3.8) is 0 Å². The van der Waals surface area contributed by atoms with Gasteiger partial charge in [-0.05, 0) is 39.4 Å². The molecule has 0 aliphatic heterocycles. The number of halogens is 1. The molecule has 0 radical (unpaired) electrons. The zero-order valence-corrected chi connectivity index (χ0v) is 16.9. The van der Waals surface area contributed by atoms with E-state index in [0.29, 0.717) is 6.04 Å². The van der Waals surface area contributed by atoms with Gasteiger partial charge in [0.25, 0.3) is 0 Å². The topological polar surface area (TPSA) is 39.7 Å². The number of aliphatic imine (C=N–C) groups is 1. The van der Waals surface area contributed by atoms with Crippen molar-refractivity contribution >= 4 is 41.3 Å². The van der Waals surface area contributed by atoms with Crippen LogP contribution in [0.4, 0.5) is 0 Å². The zero-order valence-electron chi connectivity index (χ0n) is 13.8. The maximum Gasteiger partial charge on any atom is 0.191 e. The van der Waals surface area contributed by atoms with Crippen molar-refractivity contribution < 1.29 is 0 Å². The Bertz CT molecular complexity index is 418. The highest BCUT2D eigenvalue weighted by atomic mass is 127. The second-order valence-electron chi connectivity index (χ2n) is 5.15. The molecule has 1 aromatic rings. The van der Waals surface area contributed by atoms with E-state index in [1.54, 1.807) is 0 Å². The van der Waals surface area contributed by atoms with E-state index in [4.69, 9.17) is 0 Å². The molecular formula is C15H29IN4S. The van der Waals surface area contributed by atoms with Crippen LogP contribution in [0.1, 0.15) is 30.5 Å². The summed E-state index contributed by atoms with van der Waals surface area (Å²) >= 11 is 1.86. The Morgan fingerprint density at radius 2 is 1.95 bits per heavy atom. The summed E-state index contributed by atoms with van der Waals surface area (Å²) in [5.41, 5.74) is 0. The normalized spacial score (nSPS) is 11.7. The lowest BCUT2D eigenvalue weighted by atomic mass is 10.3.